The average molecular weight is 623 g/mol. The Morgan fingerprint density at radius 3 is 2.15 bits per heavy atom. The molecule has 0 saturated heterocycles. The number of nitrogens with zero attached hydrogens (tertiary/aromatic N) is 2. The van der Waals surface area contributed by atoms with Crippen molar-refractivity contribution in [2.45, 2.75) is 56.1 Å². The lowest BCUT2D eigenvalue weighted by Gasteiger charge is -2.32. The minimum atomic E-state index is -4.21. The Morgan fingerprint density at radius 1 is 0.900 bits per heavy atom. The van der Waals surface area contributed by atoms with Crippen molar-refractivity contribution in [2.75, 3.05) is 10.8 Å². The molecule has 40 heavy (non-hydrogen) atoms. The van der Waals surface area contributed by atoms with Gasteiger partial charge in [0.2, 0.25) is 11.8 Å². The molecule has 0 spiro atoms. The molecule has 2 amide bonds. The van der Waals surface area contributed by atoms with Gasteiger partial charge in [-0.1, -0.05) is 65.8 Å². The van der Waals surface area contributed by atoms with E-state index in [1.807, 2.05) is 0 Å². The van der Waals surface area contributed by atoms with Gasteiger partial charge in [-0.2, -0.15) is 0 Å². The van der Waals surface area contributed by atoms with E-state index >= 15 is 0 Å². The molecule has 11 heteroatoms. The van der Waals surface area contributed by atoms with Crippen LogP contribution >= 0.6 is 34.8 Å². The molecule has 0 aromatic heterocycles. The summed E-state index contributed by atoms with van der Waals surface area (Å²) in [7, 11) is -4.21. The standard InChI is InChI=1S/C29H30Cl3N3O4S/c1-20(29(37)33-25-9-2-3-10-25)34(18-21-6-4-7-23(31)16-21)28(36)19-35(26-11-5-8-24(32)17-26)40(38,39)27-14-12-22(30)13-15-27/h4-8,11-17,20,25H,2-3,9-10,18-19H2,1H3,(H,33,37). The van der Waals surface area contributed by atoms with Crippen molar-refractivity contribution < 1.29 is 18.0 Å². The molecule has 0 heterocycles. The summed E-state index contributed by atoms with van der Waals surface area (Å²) in [6.07, 6.45) is 3.87. The largest absolute Gasteiger partial charge is 0.352 e. The zero-order chi connectivity index (χ0) is 28.9. The van der Waals surface area contributed by atoms with E-state index in [0.717, 1.165) is 30.0 Å². The van der Waals surface area contributed by atoms with Crippen LogP contribution in [-0.2, 0) is 26.2 Å². The summed E-state index contributed by atoms with van der Waals surface area (Å²) in [4.78, 5) is 28.6. The lowest BCUT2D eigenvalue weighted by atomic mass is 10.1. The van der Waals surface area contributed by atoms with Gasteiger partial charge in [0.05, 0.1) is 10.6 Å². The smallest absolute Gasteiger partial charge is 0.264 e. The van der Waals surface area contributed by atoms with Crippen molar-refractivity contribution in [3.05, 3.63) is 93.4 Å². The highest BCUT2D eigenvalue weighted by atomic mass is 35.5. The third-order valence-corrected chi connectivity index (χ3v) is 9.40. The summed E-state index contributed by atoms with van der Waals surface area (Å²) < 4.78 is 28.6. The number of halogens is 3. The summed E-state index contributed by atoms with van der Waals surface area (Å²) in [5.41, 5.74) is 0.915. The van der Waals surface area contributed by atoms with Crippen LogP contribution in [0.5, 0.6) is 0 Å². The molecule has 0 bridgehead atoms. The van der Waals surface area contributed by atoms with Gasteiger partial charge in [-0.05, 0) is 79.9 Å². The molecule has 3 aromatic carbocycles. The number of hydrogen-bond acceptors (Lipinski definition) is 4. The number of nitrogens with one attached hydrogen (secondary N) is 1. The van der Waals surface area contributed by atoms with Crippen LogP contribution in [0.15, 0.2) is 77.7 Å². The molecule has 4 rings (SSSR count). The predicted octanol–water partition coefficient (Wildman–Crippen LogP) is 6.32. The van der Waals surface area contributed by atoms with Gasteiger partial charge in [0.15, 0.2) is 0 Å². The van der Waals surface area contributed by atoms with Gasteiger partial charge >= 0.3 is 0 Å². The zero-order valence-electron chi connectivity index (χ0n) is 21.9. The normalized spacial score (nSPS) is 14.5. The van der Waals surface area contributed by atoms with Crippen molar-refractivity contribution in [1.82, 2.24) is 10.2 Å². The number of rotatable bonds is 10. The van der Waals surface area contributed by atoms with Crippen molar-refractivity contribution >= 4 is 62.3 Å². The molecule has 1 atom stereocenters. The van der Waals surface area contributed by atoms with E-state index in [0.29, 0.717) is 20.6 Å². The first-order valence-corrected chi connectivity index (χ1v) is 15.5. The fourth-order valence-corrected chi connectivity index (χ4v) is 6.63. The summed E-state index contributed by atoms with van der Waals surface area (Å²) in [5.74, 6) is -0.858. The van der Waals surface area contributed by atoms with Crippen molar-refractivity contribution in [3.8, 4) is 0 Å². The highest BCUT2D eigenvalue weighted by Crippen LogP contribution is 2.28. The molecule has 1 N–H and O–H groups in total. The van der Waals surface area contributed by atoms with E-state index in [9.17, 15) is 18.0 Å². The molecule has 1 aliphatic carbocycles. The van der Waals surface area contributed by atoms with Crippen LogP contribution in [-0.4, -0.2) is 43.8 Å². The minimum absolute atomic E-state index is 0.0434. The molecule has 3 aromatic rings. The predicted molar refractivity (Wildman–Crippen MR) is 159 cm³/mol. The lowest BCUT2D eigenvalue weighted by Crippen LogP contribution is -2.52. The summed E-state index contributed by atoms with van der Waals surface area (Å²) in [6.45, 7) is 1.14. The summed E-state index contributed by atoms with van der Waals surface area (Å²) in [5, 5.41) is 4.21. The summed E-state index contributed by atoms with van der Waals surface area (Å²) >= 11 is 18.4. The first-order chi connectivity index (χ1) is 19.0. The van der Waals surface area contributed by atoms with Crippen LogP contribution in [0.1, 0.15) is 38.2 Å². The first-order valence-electron chi connectivity index (χ1n) is 12.9. The Morgan fingerprint density at radius 2 is 1.52 bits per heavy atom. The molecule has 1 unspecified atom stereocenters. The number of carbonyl (C=O) groups excluding carboxylic acids is 2. The highest BCUT2D eigenvalue weighted by Gasteiger charge is 2.33. The second-order valence-electron chi connectivity index (χ2n) is 9.76. The van der Waals surface area contributed by atoms with Crippen LogP contribution in [0.3, 0.4) is 0 Å². The van der Waals surface area contributed by atoms with Crippen LogP contribution in [0.25, 0.3) is 0 Å². The van der Waals surface area contributed by atoms with Crippen LogP contribution in [0, 0.1) is 0 Å². The molecular formula is C29H30Cl3N3O4S. The Bertz CT molecular complexity index is 1460. The molecule has 7 nitrogen and oxygen atoms in total. The third-order valence-electron chi connectivity index (χ3n) is 6.89. The fourth-order valence-electron chi connectivity index (χ4n) is 4.70. The maximum absolute atomic E-state index is 14.0. The molecule has 1 saturated carbocycles. The van der Waals surface area contributed by atoms with Crippen LogP contribution in [0.2, 0.25) is 15.1 Å². The van der Waals surface area contributed by atoms with Gasteiger partial charge in [0, 0.05) is 27.7 Å². The van der Waals surface area contributed by atoms with Crippen molar-refractivity contribution in [1.29, 1.82) is 0 Å². The number of carbonyl (C=O) groups is 2. The summed E-state index contributed by atoms with van der Waals surface area (Å²) in [6, 6.07) is 18.1. The van der Waals surface area contributed by atoms with Gasteiger partial charge in [0.25, 0.3) is 10.0 Å². The number of benzene rings is 3. The Hall–Kier alpha value is -2.78. The Kier molecular flexibility index (Phi) is 10.0. The van der Waals surface area contributed by atoms with Gasteiger partial charge in [-0.3, -0.25) is 13.9 Å². The minimum Gasteiger partial charge on any atom is -0.352 e. The van der Waals surface area contributed by atoms with E-state index in [1.165, 1.54) is 35.2 Å². The number of amides is 2. The molecule has 0 aliphatic heterocycles. The average Bonchev–Trinajstić information content (AvgIpc) is 3.43. The van der Waals surface area contributed by atoms with Gasteiger partial charge in [-0.25, -0.2) is 8.42 Å². The van der Waals surface area contributed by atoms with Gasteiger partial charge in [0.1, 0.15) is 12.6 Å². The number of anilines is 1. The van der Waals surface area contributed by atoms with E-state index in [1.54, 1.807) is 49.4 Å². The van der Waals surface area contributed by atoms with E-state index in [2.05, 4.69) is 5.32 Å². The van der Waals surface area contributed by atoms with Gasteiger partial charge in [-0.15, -0.1) is 0 Å². The van der Waals surface area contributed by atoms with E-state index < -0.39 is 28.5 Å². The van der Waals surface area contributed by atoms with Crippen molar-refractivity contribution in [2.24, 2.45) is 0 Å². The van der Waals surface area contributed by atoms with Crippen LogP contribution < -0.4 is 9.62 Å². The SMILES string of the molecule is CC(C(=O)NC1CCCC1)N(Cc1cccc(Cl)c1)C(=O)CN(c1cccc(Cl)c1)S(=O)(=O)c1ccc(Cl)cc1. The highest BCUT2D eigenvalue weighted by molar-refractivity contribution is 7.92. The molecule has 212 valence electrons. The molecular weight excluding hydrogens is 593 g/mol. The lowest BCUT2D eigenvalue weighted by molar-refractivity contribution is -0.139. The van der Waals surface area contributed by atoms with E-state index in [-0.39, 0.29) is 29.1 Å². The zero-order valence-corrected chi connectivity index (χ0v) is 25.0. The monoisotopic (exact) mass is 621 g/mol. The second kappa shape index (κ2) is 13.3. The van der Waals surface area contributed by atoms with Gasteiger partial charge < -0.3 is 10.2 Å². The van der Waals surface area contributed by atoms with Crippen LogP contribution in [0.4, 0.5) is 5.69 Å². The second-order valence-corrected chi connectivity index (χ2v) is 12.9. The fraction of sp³-hybridized carbons (Fsp3) is 0.310. The topological polar surface area (TPSA) is 86.8 Å². The maximum Gasteiger partial charge on any atom is 0.264 e. The van der Waals surface area contributed by atoms with E-state index in [4.69, 9.17) is 34.8 Å². The Balaban J connectivity index is 1.69. The molecule has 0 radical (unpaired) electrons. The Labute approximate surface area is 250 Å². The third kappa shape index (κ3) is 7.49. The number of sulfonamides is 1. The molecule has 1 fully saturated rings. The number of hydrogen-bond donors (Lipinski definition) is 1. The maximum atomic E-state index is 14.0. The molecule has 1 aliphatic rings. The first kappa shape index (κ1) is 30.2. The quantitative estimate of drug-likeness (QED) is 0.287. The van der Waals surface area contributed by atoms with Crippen molar-refractivity contribution in [3.63, 3.8) is 0 Å².